The molecule has 3 heteroatoms. The van der Waals surface area contributed by atoms with Crippen LogP contribution in [0, 0.1) is 6.20 Å². The highest BCUT2D eigenvalue weighted by atomic mass is 35.5. The van der Waals surface area contributed by atoms with Crippen molar-refractivity contribution in [2.45, 2.75) is 0 Å². The van der Waals surface area contributed by atoms with Crippen molar-refractivity contribution in [3.63, 3.8) is 0 Å². The summed E-state index contributed by atoms with van der Waals surface area (Å²) in [4.78, 5) is 0. The van der Waals surface area contributed by atoms with Crippen LogP contribution in [0.15, 0.2) is 5.03 Å². The van der Waals surface area contributed by atoms with Gasteiger partial charge in [0.1, 0.15) is 0 Å². The summed E-state index contributed by atoms with van der Waals surface area (Å²) in [5.41, 5.74) is 2.78. The van der Waals surface area contributed by atoms with Crippen LogP contribution in [0.4, 0.5) is 0 Å². The normalized spacial score (nSPS) is 21.7. The molecule has 0 saturated carbocycles. The second-order valence-corrected chi connectivity index (χ2v) is 1.95. The molecule has 1 rings (SSSR count). The minimum Gasteiger partial charge on any atom is -0.316 e. The Hall–Kier alpha value is -0.210. The molecule has 2 nitrogen and oxygen atoms in total. The molecule has 0 bridgehead atoms. The van der Waals surface area contributed by atoms with E-state index in [0.29, 0.717) is 0 Å². The summed E-state index contributed by atoms with van der Waals surface area (Å²) in [5.74, 6) is 0. The van der Waals surface area contributed by atoms with Gasteiger partial charge < -0.3 is 5.43 Å². The van der Waals surface area contributed by atoms with Gasteiger partial charge >= 0.3 is 0 Å². The first-order chi connectivity index (χ1) is 3.29. The van der Waals surface area contributed by atoms with Crippen LogP contribution in [0.1, 0.15) is 0 Å². The Kier molecular flexibility index (Phi) is 1.21. The molecule has 7 heavy (non-hydrogen) atoms. The summed E-state index contributed by atoms with van der Waals surface area (Å²) < 4.78 is 0. The second-order valence-electron chi connectivity index (χ2n) is 1.50. The van der Waals surface area contributed by atoms with Gasteiger partial charge in [-0.25, -0.2) is 5.01 Å². The minimum absolute atomic E-state index is 0.738. The number of halogens is 1. The number of rotatable bonds is 0. The highest BCUT2D eigenvalue weighted by molar-refractivity contribution is 6.29. The third kappa shape index (κ3) is 1.08. The van der Waals surface area contributed by atoms with Crippen molar-refractivity contribution in [3.05, 3.63) is 11.2 Å². The van der Waals surface area contributed by atoms with Crippen LogP contribution in [-0.2, 0) is 0 Å². The third-order valence-corrected chi connectivity index (χ3v) is 0.972. The summed E-state index contributed by atoms with van der Waals surface area (Å²) in [6.45, 7) is 0.765. The van der Waals surface area contributed by atoms with E-state index in [-0.39, 0.29) is 0 Å². The van der Waals surface area contributed by atoms with E-state index >= 15 is 0 Å². The van der Waals surface area contributed by atoms with Gasteiger partial charge in [0.25, 0.3) is 0 Å². The fourth-order valence-electron chi connectivity index (χ4n) is 0.443. The van der Waals surface area contributed by atoms with Crippen LogP contribution >= 0.6 is 11.6 Å². The zero-order valence-electron chi connectivity index (χ0n) is 4.03. The van der Waals surface area contributed by atoms with E-state index < -0.39 is 0 Å². The van der Waals surface area contributed by atoms with E-state index in [1.807, 2.05) is 12.1 Å². The molecule has 0 aliphatic carbocycles. The molecule has 0 spiro atoms. The monoisotopic (exact) mass is 117 g/mol. The molecule has 1 aliphatic rings. The second kappa shape index (κ2) is 1.72. The Morgan fingerprint density at radius 1 is 2.00 bits per heavy atom. The Balaban J connectivity index is 2.42. The number of hydrazine groups is 1. The molecule has 1 radical (unpaired) electrons. The first kappa shape index (κ1) is 4.94. The molecular formula is C4H6ClN2. The number of nitrogens with one attached hydrogen (secondary N) is 1. The average Bonchev–Trinajstić information content (AvgIpc) is 1.87. The standard InChI is InChI=1S/C4H6ClN2/c1-7-3-4(5)2-6-7/h6H,3H2,1H3. The molecule has 1 N–H and O–H groups in total. The van der Waals surface area contributed by atoms with Gasteiger partial charge in [-0.2, -0.15) is 0 Å². The minimum atomic E-state index is 0.738. The van der Waals surface area contributed by atoms with Crippen LogP contribution in [0.2, 0.25) is 0 Å². The van der Waals surface area contributed by atoms with Gasteiger partial charge in [-0.05, 0) is 0 Å². The lowest BCUT2D eigenvalue weighted by Gasteiger charge is -2.04. The number of likely N-dealkylation sites (N-methyl/N-ethyl adjacent to an activating group) is 1. The molecule has 0 saturated heterocycles. The summed E-state index contributed by atoms with van der Waals surface area (Å²) in [6, 6.07) is 0. The van der Waals surface area contributed by atoms with Crippen molar-refractivity contribution in [2.24, 2.45) is 0 Å². The fourth-order valence-corrected chi connectivity index (χ4v) is 0.665. The van der Waals surface area contributed by atoms with E-state index in [1.165, 1.54) is 0 Å². The van der Waals surface area contributed by atoms with Gasteiger partial charge in [0.05, 0.1) is 17.8 Å². The maximum absolute atomic E-state index is 5.51. The molecule has 0 aromatic carbocycles. The lowest BCUT2D eigenvalue weighted by atomic mass is 10.6. The van der Waals surface area contributed by atoms with Crippen molar-refractivity contribution in [1.29, 1.82) is 0 Å². The highest BCUT2D eigenvalue weighted by Gasteiger charge is 2.04. The molecule has 0 atom stereocenters. The van der Waals surface area contributed by atoms with E-state index in [2.05, 4.69) is 11.6 Å². The fraction of sp³-hybridized carbons (Fsp3) is 0.500. The molecular weight excluding hydrogens is 112 g/mol. The Morgan fingerprint density at radius 3 is 2.86 bits per heavy atom. The largest absolute Gasteiger partial charge is 0.316 e. The lowest BCUT2D eigenvalue weighted by Crippen LogP contribution is -2.24. The zero-order valence-corrected chi connectivity index (χ0v) is 4.79. The van der Waals surface area contributed by atoms with Gasteiger partial charge in [-0.15, -0.1) is 0 Å². The number of hydrogen-bond donors (Lipinski definition) is 1. The molecule has 0 fully saturated rings. The van der Waals surface area contributed by atoms with Crippen molar-refractivity contribution in [2.75, 3.05) is 13.6 Å². The van der Waals surface area contributed by atoms with Crippen LogP contribution in [0.25, 0.3) is 0 Å². The van der Waals surface area contributed by atoms with Gasteiger partial charge in [0.15, 0.2) is 0 Å². The van der Waals surface area contributed by atoms with Gasteiger partial charge in [-0.1, -0.05) is 11.6 Å². The van der Waals surface area contributed by atoms with E-state index in [4.69, 9.17) is 11.6 Å². The SMILES string of the molecule is CN1CC(Cl)=[C]N1. The van der Waals surface area contributed by atoms with Gasteiger partial charge in [0.2, 0.25) is 0 Å². The van der Waals surface area contributed by atoms with Crippen LogP contribution in [-0.4, -0.2) is 18.6 Å². The molecule has 0 aromatic rings. The summed E-state index contributed by atoms with van der Waals surface area (Å²) in [5, 5.41) is 2.59. The Morgan fingerprint density at radius 2 is 2.71 bits per heavy atom. The quantitative estimate of drug-likeness (QED) is 0.492. The van der Waals surface area contributed by atoms with Gasteiger partial charge in [0, 0.05) is 7.05 Å². The molecule has 1 aliphatic heterocycles. The number of hydrogen-bond acceptors (Lipinski definition) is 2. The van der Waals surface area contributed by atoms with Crippen LogP contribution < -0.4 is 5.43 Å². The predicted octanol–water partition coefficient (Wildman–Crippen LogP) is 0.320. The first-order valence-electron chi connectivity index (χ1n) is 2.03. The van der Waals surface area contributed by atoms with Crippen molar-refractivity contribution in [1.82, 2.24) is 10.4 Å². The van der Waals surface area contributed by atoms with E-state index in [1.54, 1.807) is 0 Å². The van der Waals surface area contributed by atoms with E-state index in [0.717, 1.165) is 11.6 Å². The summed E-state index contributed by atoms with van der Waals surface area (Å²) in [7, 11) is 1.91. The summed E-state index contributed by atoms with van der Waals surface area (Å²) >= 11 is 5.51. The number of nitrogens with zero attached hydrogens (tertiary/aromatic N) is 1. The molecule has 0 aromatic heterocycles. The molecule has 39 valence electrons. The summed E-state index contributed by atoms with van der Waals surface area (Å²) in [6.07, 6.45) is 2.73. The van der Waals surface area contributed by atoms with Gasteiger partial charge in [-0.3, -0.25) is 0 Å². The van der Waals surface area contributed by atoms with Crippen molar-refractivity contribution < 1.29 is 0 Å². The Bertz CT molecular complexity index is 99.9. The smallest absolute Gasteiger partial charge is 0.0909 e. The van der Waals surface area contributed by atoms with Crippen LogP contribution in [0.3, 0.4) is 0 Å². The average molecular weight is 118 g/mol. The third-order valence-electron chi connectivity index (χ3n) is 0.758. The van der Waals surface area contributed by atoms with E-state index in [9.17, 15) is 0 Å². The Labute approximate surface area is 47.7 Å². The van der Waals surface area contributed by atoms with Crippen molar-refractivity contribution in [3.8, 4) is 0 Å². The molecule has 0 unspecified atom stereocenters. The lowest BCUT2D eigenvalue weighted by molar-refractivity contribution is 0.326. The topological polar surface area (TPSA) is 15.3 Å². The van der Waals surface area contributed by atoms with Crippen LogP contribution in [0.5, 0.6) is 0 Å². The highest BCUT2D eigenvalue weighted by Crippen LogP contribution is 2.04. The first-order valence-corrected chi connectivity index (χ1v) is 2.41. The maximum atomic E-state index is 5.51. The molecule has 1 heterocycles. The van der Waals surface area contributed by atoms with Crippen molar-refractivity contribution >= 4 is 11.6 Å². The molecule has 0 amide bonds. The zero-order chi connectivity index (χ0) is 5.28. The predicted molar refractivity (Wildman–Crippen MR) is 28.4 cm³/mol. The maximum Gasteiger partial charge on any atom is 0.0909 e.